The third-order valence-electron chi connectivity index (χ3n) is 2.47. The second-order valence-electron chi connectivity index (χ2n) is 4.20. The molecule has 0 fully saturated rings. The molecule has 18 heavy (non-hydrogen) atoms. The van der Waals surface area contributed by atoms with Gasteiger partial charge in [0.05, 0.1) is 13.2 Å². The van der Waals surface area contributed by atoms with E-state index in [0.717, 1.165) is 25.4 Å². The van der Waals surface area contributed by atoms with Crippen LogP contribution in [0, 0.1) is 0 Å². The monoisotopic (exact) mass is 253 g/mol. The van der Waals surface area contributed by atoms with Gasteiger partial charge in [0.25, 0.3) is 0 Å². The molecule has 1 N–H and O–H groups in total. The lowest BCUT2D eigenvalue weighted by Gasteiger charge is -2.14. The maximum atomic E-state index is 5.69. The molecule has 0 saturated heterocycles. The van der Waals surface area contributed by atoms with Crippen LogP contribution in [0.2, 0.25) is 0 Å². The van der Waals surface area contributed by atoms with Crippen LogP contribution in [0.25, 0.3) is 0 Å². The van der Waals surface area contributed by atoms with Crippen molar-refractivity contribution in [1.82, 2.24) is 5.32 Å². The quantitative estimate of drug-likeness (QED) is 0.682. The second kappa shape index (κ2) is 8.91. The zero-order valence-corrected chi connectivity index (χ0v) is 11.4. The Balaban J connectivity index is 2.33. The molecule has 0 radical (unpaired) electrons. The summed E-state index contributed by atoms with van der Waals surface area (Å²) >= 11 is 0. The first-order valence-corrected chi connectivity index (χ1v) is 6.20. The molecule has 102 valence electrons. The van der Waals surface area contributed by atoms with Crippen LogP contribution < -0.4 is 10.1 Å². The van der Waals surface area contributed by atoms with Crippen LogP contribution in [0.1, 0.15) is 12.5 Å². The zero-order valence-electron chi connectivity index (χ0n) is 11.4. The third-order valence-corrected chi connectivity index (χ3v) is 2.47. The Bertz CT molecular complexity index is 313. The van der Waals surface area contributed by atoms with Crippen LogP contribution in [0.15, 0.2) is 24.3 Å². The van der Waals surface area contributed by atoms with E-state index in [1.54, 1.807) is 14.2 Å². The van der Waals surface area contributed by atoms with E-state index in [9.17, 15) is 0 Å². The second-order valence-corrected chi connectivity index (χ2v) is 4.20. The largest absolute Gasteiger partial charge is 0.488 e. The maximum absolute atomic E-state index is 5.69. The van der Waals surface area contributed by atoms with Crippen LogP contribution in [-0.2, 0) is 16.0 Å². The van der Waals surface area contributed by atoms with Crippen molar-refractivity contribution < 1.29 is 14.2 Å². The fourth-order valence-corrected chi connectivity index (χ4v) is 1.59. The van der Waals surface area contributed by atoms with Gasteiger partial charge in [0.15, 0.2) is 0 Å². The smallest absolute Gasteiger partial charge is 0.119 e. The van der Waals surface area contributed by atoms with Gasteiger partial charge in [-0.1, -0.05) is 12.1 Å². The molecule has 0 bridgehead atoms. The number of hydrogen-bond acceptors (Lipinski definition) is 4. The highest BCUT2D eigenvalue weighted by Gasteiger charge is 2.02. The molecule has 0 amide bonds. The summed E-state index contributed by atoms with van der Waals surface area (Å²) in [6.07, 6.45) is 0.0701. The highest BCUT2D eigenvalue weighted by atomic mass is 16.5. The van der Waals surface area contributed by atoms with Gasteiger partial charge in [-0.3, -0.25) is 0 Å². The predicted molar refractivity (Wildman–Crippen MR) is 72.0 cm³/mol. The van der Waals surface area contributed by atoms with Crippen molar-refractivity contribution >= 4 is 0 Å². The van der Waals surface area contributed by atoms with Gasteiger partial charge < -0.3 is 19.5 Å². The lowest BCUT2D eigenvalue weighted by molar-refractivity contribution is 0.0921. The van der Waals surface area contributed by atoms with E-state index in [-0.39, 0.29) is 6.10 Å². The molecular weight excluding hydrogens is 230 g/mol. The van der Waals surface area contributed by atoms with Crippen molar-refractivity contribution in [3.8, 4) is 5.75 Å². The van der Waals surface area contributed by atoms with Gasteiger partial charge in [-0.15, -0.1) is 0 Å². The zero-order chi connectivity index (χ0) is 13.2. The molecule has 1 aromatic carbocycles. The molecule has 0 aliphatic rings. The predicted octanol–water partition coefficient (Wildman–Crippen LogP) is 1.84. The normalized spacial score (nSPS) is 12.4. The fourth-order valence-electron chi connectivity index (χ4n) is 1.59. The van der Waals surface area contributed by atoms with Gasteiger partial charge in [-0.25, -0.2) is 0 Å². The first-order chi connectivity index (χ1) is 8.76. The van der Waals surface area contributed by atoms with E-state index in [2.05, 4.69) is 17.4 Å². The molecule has 1 aromatic rings. The topological polar surface area (TPSA) is 39.7 Å². The summed E-state index contributed by atoms with van der Waals surface area (Å²) < 4.78 is 15.7. The maximum Gasteiger partial charge on any atom is 0.119 e. The molecule has 0 heterocycles. The number of hydrogen-bond donors (Lipinski definition) is 1. The summed E-state index contributed by atoms with van der Waals surface area (Å²) in [5.74, 6) is 0.875. The summed E-state index contributed by atoms with van der Waals surface area (Å²) in [6.45, 7) is 5.02. The minimum atomic E-state index is 0.0701. The van der Waals surface area contributed by atoms with Crippen LogP contribution in [-0.4, -0.2) is 40.1 Å². The lowest BCUT2D eigenvalue weighted by Crippen LogP contribution is -2.19. The number of rotatable bonds is 9. The van der Waals surface area contributed by atoms with Gasteiger partial charge in [0.1, 0.15) is 11.9 Å². The minimum absolute atomic E-state index is 0.0701. The summed E-state index contributed by atoms with van der Waals surface area (Å²) in [6, 6.07) is 8.10. The standard InChI is InChI=1S/C14H23NO3/c1-12(11-17-3)18-14-6-4-13(5-7-14)10-15-8-9-16-2/h4-7,12,15H,8-11H2,1-3H3. The van der Waals surface area contributed by atoms with E-state index in [1.807, 2.05) is 19.1 Å². The molecular formula is C14H23NO3. The SMILES string of the molecule is COCCNCc1ccc(OC(C)COC)cc1. The van der Waals surface area contributed by atoms with Crippen molar-refractivity contribution in [2.75, 3.05) is 34.0 Å². The summed E-state index contributed by atoms with van der Waals surface area (Å²) in [4.78, 5) is 0. The molecule has 1 atom stereocenters. The summed E-state index contributed by atoms with van der Waals surface area (Å²) in [7, 11) is 3.38. The Kier molecular flexibility index (Phi) is 7.41. The number of methoxy groups -OCH3 is 2. The first-order valence-electron chi connectivity index (χ1n) is 6.20. The van der Waals surface area contributed by atoms with Crippen molar-refractivity contribution in [2.24, 2.45) is 0 Å². The molecule has 0 aliphatic heterocycles. The van der Waals surface area contributed by atoms with E-state index < -0.39 is 0 Å². The van der Waals surface area contributed by atoms with Gasteiger partial charge in [0.2, 0.25) is 0 Å². The Hall–Kier alpha value is -1.10. The van der Waals surface area contributed by atoms with Crippen LogP contribution in [0.4, 0.5) is 0 Å². The summed E-state index contributed by atoms with van der Waals surface area (Å²) in [5.41, 5.74) is 1.23. The third kappa shape index (κ3) is 6.00. The van der Waals surface area contributed by atoms with Crippen LogP contribution in [0.5, 0.6) is 5.75 Å². The van der Waals surface area contributed by atoms with E-state index in [0.29, 0.717) is 6.61 Å². The van der Waals surface area contributed by atoms with Gasteiger partial charge in [0, 0.05) is 27.3 Å². The average molecular weight is 253 g/mol. The molecule has 0 aromatic heterocycles. The summed E-state index contributed by atoms with van der Waals surface area (Å²) in [5, 5.41) is 3.30. The van der Waals surface area contributed by atoms with E-state index in [4.69, 9.17) is 14.2 Å². The molecule has 1 unspecified atom stereocenters. The van der Waals surface area contributed by atoms with E-state index >= 15 is 0 Å². The first kappa shape index (κ1) is 15.0. The Morgan fingerprint density at radius 3 is 2.44 bits per heavy atom. The van der Waals surface area contributed by atoms with Crippen LogP contribution in [0.3, 0.4) is 0 Å². The Morgan fingerprint density at radius 1 is 1.11 bits per heavy atom. The number of benzene rings is 1. The van der Waals surface area contributed by atoms with Crippen LogP contribution >= 0.6 is 0 Å². The average Bonchev–Trinajstić information content (AvgIpc) is 2.37. The molecule has 4 nitrogen and oxygen atoms in total. The van der Waals surface area contributed by atoms with Gasteiger partial charge in [-0.2, -0.15) is 0 Å². The molecule has 4 heteroatoms. The molecule has 0 aliphatic carbocycles. The number of ether oxygens (including phenoxy) is 3. The van der Waals surface area contributed by atoms with Gasteiger partial charge >= 0.3 is 0 Å². The van der Waals surface area contributed by atoms with Crippen molar-refractivity contribution in [1.29, 1.82) is 0 Å². The highest BCUT2D eigenvalue weighted by Crippen LogP contribution is 2.13. The van der Waals surface area contributed by atoms with E-state index in [1.165, 1.54) is 5.56 Å². The lowest BCUT2D eigenvalue weighted by atomic mass is 10.2. The fraction of sp³-hybridized carbons (Fsp3) is 0.571. The highest BCUT2D eigenvalue weighted by molar-refractivity contribution is 5.27. The molecule has 0 saturated carbocycles. The molecule has 1 rings (SSSR count). The Morgan fingerprint density at radius 2 is 1.83 bits per heavy atom. The van der Waals surface area contributed by atoms with Crippen molar-refractivity contribution in [3.05, 3.63) is 29.8 Å². The van der Waals surface area contributed by atoms with Crippen molar-refractivity contribution in [3.63, 3.8) is 0 Å². The molecule has 0 spiro atoms. The number of nitrogens with one attached hydrogen (secondary N) is 1. The van der Waals surface area contributed by atoms with Crippen molar-refractivity contribution in [2.45, 2.75) is 19.6 Å². The van der Waals surface area contributed by atoms with Gasteiger partial charge in [-0.05, 0) is 24.6 Å². The Labute approximate surface area is 109 Å². The minimum Gasteiger partial charge on any atom is -0.488 e.